The highest BCUT2D eigenvalue weighted by Gasteiger charge is 2.14. The Hall–Kier alpha value is -1.42. The van der Waals surface area contributed by atoms with E-state index in [9.17, 15) is 4.79 Å². The smallest absolute Gasteiger partial charge is 0.248 e. The lowest BCUT2D eigenvalue weighted by Crippen LogP contribution is -2.24. The molecule has 0 fully saturated rings. The zero-order valence-electron chi connectivity index (χ0n) is 9.46. The Balaban J connectivity index is 3.26. The van der Waals surface area contributed by atoms with Crippen LogP contribution < -0.4 is 16.4 Å². The topological polar surface area (TPSA) is 72.3 Å². The number of nitrogens with two attached hydrogens (primary N) is 2. The lowest BCUT2D eigenvalue weighted by molar-refractivity contribution is 0.100. The maximum Gasteiger partial charge on any atom is 0.248 e. The molecule has 0 saturated heterocycles. The van der Waals surface area contributed by atoms with Crippen LogP contribution in [-0.2, 0) is 0 Å². The van der Waals surface area contributed by atoms with Crippen molar-refractivity contribution in [2.75, 3.05) is 23.7 Å². The van der Waals surface area contributed by atoms with Crippen molar-refractivity contribution in [2.45, 2.75) is 13.8 Å². The average molecular weight is 242 g/mol. The minimum Gasteiger partial charge on any atom is -0.397 e. The van der Waals surface area contributed by atoms with E-state index in [0.717, 1.165) is 18.8 Å². The third-order valence-electron chi connectivity index (χ3n) is 2.46. The number of rotatable bonds is 4. The Morgan fingerprint density at radius 1 is 1.38 bits per heavy atom. The van der Waals surface area contributed by atoms with Crippen LogP contribution in [0.5, 0.6) is 0 Å². The third-order valence-corrected chi connectivity index (χ3v) is 2.75. The van der Waals surface area contributed by atoms with Crippen molar-refractivity contribution in [2.24, 2.45) is 5.73 Å². The molecule has 16 heavy (non-hydrogen) atoms. The van der Waals surface area contributed by atoms with Crippen LogP contribution in [0.2, 0.25) is 5.02 Å². The molecule has 1 amide bonds. The Labute approximate surface area is 100 Å². The zero-order chi connectivity index (χ0) is 12.3. The Bertz CT molecular complexity index is 379. The maximum atomic E-state index is 11.0. The molecule has 1 aromatic rings. The van der Waals surface area contributed by atoms with Crippen LogP contribution in [0.4, 0.5) is 11.4 Å². The summed E-state index contributed by atoms with van der Waals surface area (Å²) in [4.78, 5) is 13.1. The molecule has 0 aromatic heterocycles. The van der Waals surface area contributed by atoms with Gasteiger partial charge in [0, 0.05) is 18.7 Å². The minimum absolute atomic E-state index is 0.332. The number of nitrogens with zero attached hydrogens (tertiary/aromatic N) is 1. The van der Waals surface area contributed by atoms with Crippen molar-refractivity contribution in [1.82, 2.24) is 0 Å². The van der Waals surface area contributed by atoms with E-state index in [0.29, 0.717) is 16.3 Å². The summed E-state index contributed by atoms with van der Waals surface area (Å²) in [5, 5.41) is 0.456. The van der Waals surface area contributed by atoms with Gasteiger partial charge in [0.15, 0.2) is 0 Å². The fraction of sp³-hybridized carbons (Fsp3) is 0.364. The summed E-state index contributed by atoms with van der Waals surface area (Å²) in [5.74, 6) is -0.528. The van der Waals surface area contributed by atoms with Gasteiger partial charge in [-0.1, -0.05) is 11.6 Å². The molecule has 1 rings (SSSR count). The second kappa shape index (κ2) is 5.07. The number of halogens is 1. The number of primary amides is 1. The summed E-state index contributed by atoms with van der Waals surface area (Å²) in [5.41, 5.74) is 12.6. The molecule has 0 radical (unpaired) electrons. The van der Waals surface area contributed by atoms with E-state index < -0.39 is 5.91 Å². The fourth-order valence-electron chi connectivity index (χ4n) is 1.64. The molecule has 0 aliphatic heterocycles. The van der Waals surface area contributed by atoms with Gasteiger partial charge in [-0.2, -0.15) is 0 Å². The van der Waals surface area contributed by atoms with Gasteiger partial charge in [-0.15, -0.1) is 0 Å². The molecule has 0 bridgehead atoms. The largest absolute Gasteiger partial charge is 0.397 e. The van der Waals surface area contributed by atoms with Crippen LogP contribution >= 0.6 is 11.6 Å². The fourth-order valence-corrected chi connectivity index (χ4v) is 1.98. The summed E-state index contributed by atoms with van der Waals surface area (Å²) in [6.07, 6.45) is 0. The van der Waals surface area contributed by atoms with Crippen molar-refractivity contribution in [3.05, 3.63) is 22.7 Å². The molecule has 0 unspecified atom stereocenters. The predicted octanol–water partition coefficient (Wildman–Crippen LogP) is 1.87. The van der Waals surface area contributed by atoms with Gasteiger partial charge in [0.25, 0.3) is 0 Å². The number of hydrogen-bond donors (Lipinski definition) is 2. The van der Waals surface area contributed by atoms with Crippen LogP contribution in [-0.4, -0.2) is 19.0 Å². The van der Waals surface area contributed by atoms with Crippen molar-refractivity contribution in [3.8, 4) is 0 Å². The van der Waals surface area contributed by atoms with Crippen molar-refractivity contribution < 1.29 is 4.79 Å². The van der Waals surface area contributed by atoms with Crippen molar-refractivity contribution >= 4 is 28.9 Å². The first-order chi connectivity index (χ1) is 7.51. The summed E-state index contributed by atoms with van der Waals surface area (Å²) < 4.78 is 0. The van der Waals surface area contributed by atoms with Crippen molar-refractivity contribution in [3.63, 3.8) is 0 Å². The quantitative estimate of drug-likeness (QED) is 0.791. The first-order valence-electron chi connectivity index (χ1n) is 5.15. The van der Waals surface area contributed by atoms with Crippen LogP contribution in [0.1, 0.15) is 24.2 Å². The van der Waals surface area contributed by atoms with Gasteiger partial charge < -0.3 is 16.4 Å². The molecule has 0 spiro atoms. The second-order valence-electron chi connectivity index (χ2n) is 3.43. The molecule has 0 aliphatic rings. The highest BCUT2D eigenvalue weighted by molar-refractivity contribution is 6.34. The lowest BCUT2D eigenvalue weighted by atomic mass is 10.1. The Morgan fingerprint density at radius 2 is 1.94 bits per heavy atom. The summed E-state index contributed by atoms with van der Waals surface area (Å²) in [7, 11) is 0. The third kappa shape index (κ3) is 2.39. The number of carbonyl (C=O) groups is 1. The standard InChI is InChI=1S/C11H16ClN3O/c1-3-15(4-2)10-8(12)5-7(11(14)16)6-9(10)13/h5-6H,3-4,13H2,1-2H3,(H2,14,16). The van der Waals surface area contributed by atoms with Gasteiger partial charge in [-0.05, 0) is 26.0 Å². The molecule has 0 heterocycles. The van der Waals surface area contributed by atoms with E-state index in [-0.39, 0.29) is 0 Å². The molecule has 4 N–H and O–H groups in total. The maximum absolute atomic E-state index is 11.0. The lowest BCUT2D eigenvalue weighted by Gasteiger charge is -2.24. The minimum atomic E-state index is -0.528. The van der Waals surface area contributed by atoms with Crippen LogP contribution in [0.3, 0.4) is 0 Å². The van der Waals surface area contributed by atoms with Gasteiger partial charge in [0.1, 0.15) is 0 Å². The van der Waals surface area contributed by atoms with Gasteiger partial charge in [0.2, 0.25) is 5.91 Å². The van der Waals surface area contributed by atoms with Crippen LogP contribution in [0, 0.1) is 0 Å². The normalized spacial score (nSPS) is 10.2. The highest BCUT2D eigenvalue weighted by Crippen LogP contribution is 2.33. The average Bonchev–Trinajstić information content (AvgIpc) is 2.22. The first kappa shape index (κ1) is 12.6. The predicted molar refractivity (Wildman–Crippen MR) is 67.9 cm³/mol. The molecular formula is C11H16ClN3O. The van der Waals surface area contributed by atoms with E-state index in [1.165, 1.54) is 0 Å². The molecular weight excluding hydrogens is 226 g/mol. The molecule has 0 atom stereocenters. The molecule has 0 aliphatic carbocycles. The Morgan fingerprint density at radius 3 is 2.31 bits per heavy atom. The number of nitrogen functional groups attached to an aromatic ring is 1. The molecule has 1 aromatic carbocycles. The van der Waals surface area contributed by atoms with E-state index in [1.54, 1.807) is 12.1 Å². The van der Waals surface area contributed by atoms with Gasteiger partial charge in [0.05, 0.1) is 16.4 Å². The summed E-state index contributed by atoms with van der Waals surface area (Å²) >= 11 is 6.10. The van der Waals surface area contributed by atoms with E-state index in [1.807, 2.05) is 18.7 Å². The van der Waals surface area contributed by atoms with Gasteiger partial charge >= 0.3 is 0 Å². The summed E-state index contributed by atoms with van der Waals surface area (Å²) in [6, 6.07) is 3.11. The number of hydrogen-bond acceptors (Lipinski definition) is 3. The molecule has 88 valence electrons. The number of amides is 1. The van der Waals surface area contributed by atoms with E-state index in [2.05, 4.69) is 0 Å². The van der Waals surface area contributed by atoms with Crippen LogP contribution in [0.15, 0.2) is 12.1 Å². The molecule has 5 heteroatoms. The monoisotopic (exact) mass is 241 g/mol. The second-order valence-corrected chi connectivity index (χ2v) is 3.84. The van der Waals surface area contributed by atoms with Gasteiger partial charge in [-0.25, -0.2) is 0 Å². The molecule has 0 saturated carbocycles. The molecule has 4 nitrogen and oxygen atoms in total. The zero-order valence-corrected chi connectivity index (χ0v) is 10.2. The SMILES string of the molecule is CCN(CC)c1c(N)cc(C(N)=O)cc1Cl. The highest BCUT2D eigenvalue weighted by atomic mass is 35.5. The van der Waals surface area contributed by atoms with Crippen LogP contribution in [0.25, 0.3) is 0 Å². The number of benzene rings is 1. The van der Waals surface area contributed by atoms with Crippen molar-refractivity contribution in [1.29, 1.82) is 0 Å². The first-order valence-corrected chi connectivity index (χ1v) is 5.52. The van der Waals surface area contributed by atoms with Gasteiger partial charge in [-0.3, -0.25) is 4.79 Å². The number of anilines is 2. The van der Waals surface area contributed by atoms with E-state index >= 15 is 0 Å². The van der Waals surface area contributed by atoms with E-state index in [4.69, 9.17) is 23.1 Å². The number of carbonyl (C=O) groups excluding carboxylic acids is 1. The summed E-state index contributed by atoms with van der Waals surface area (Å²) in [6.45, 7) is 5.63. The Kier molecular flexibility index (Phi) is 4.01.